The lowest BCUT2D eigenvalue weighted by molar-refractivity contribution is -0.258. The van der Waals surface area contributed by atoms with E-state index in [1.807, 2.05) is 0 Å². The fourth-order valence-corrected chi connectivity index (χ4v) is 2.52. The molecule has 0 spiro atoms. The fourth-order valence-electron chi connectivity index (χ4n) is 2.52. The van der Waals surface area contributed by atoms with Gasteiger partial charge in [-0.2, -0.15) is 0 Å². The zero-order valence-corrected chi connectivity index (χ0v) is 8.33. The van der Waals surface area contributed by atoms with Crippen LogP contribution in [0.25, 0.3) is 0 Å². The minimum Gasteiger partial charge on any atom is -0.430 e. The molecule has 0 bridgehead atoms. The van der Waals surface area contributed by atoms with Gasteiger partial charge in [0.25, 0.3) is 0 Å². The Labute approximate surface area is 84.1 Å². The molecule has 14 heavy (non-hydrogen) atoms. The van der Waals surface area contributed by atoms with Gasteiger partial charge in [-0.3, -0.25) is 0 Å². The van der Waals surface area contributed by atoms with E-state index in [9.17, 15) is 4.79 Å². The van der Waals surface area contributed by atoms with Crippen LogP contribution in [0.15, 0.2) is 12.7 Å². The Bertz CT molecular complexity index is 249. The molecule has 3 heteroatoms. The number of esters is 1. The first-order chi connectivity index (χ1) is 6.77. The second kappa shape index (κ2) is 3.73. The maximum Gasteiger partial charge on any atom is 0.332 e. The summed E-state index contributed by atoms with van der Waals surface area (Å²) >= 11 is 0. The molecule has 1 saturated heterocycles. The Hall–Kier alpha value is -0.830. The highest BCUT2D eigenvalue weighted by Crippen LogP contribution is 2.45. The van der Waals surface area contributed by atoms with Crippen molar-refractivity contribution in [2.45, 2.75) is 37.9 Å². The first-order valence-electron chi connectivity index (χ1n) is 5.26. The average Bonchev–Trinajstić information content (AvgIpc) is 2.60. The molecule has 2 aliphatic rings. The minimum atomic E-state index is -0.608. The summed E-state index contributed by atoms with van der Waals surface area (Å²) in [5.41, 5.74) is 0. The summed E-state index contributed by atoms with van der Waals surface area (Å²) in [5, 5.41) is 0. The number of ether oxygens (including phenoxy) is 2. The lowest BCUT2D eigenvalue weighted by atomic mass is 9.94. The van der Waals surface area contributed by atoms with Crippen molar-refractivity contribution in [3.8, 4) is 0 Å². The van der Waals surface area contributed by atoms with Gasteiger partial charge >= 0.3 is 5.97 Å². The molecule has 2 fully saturated rings. The van der Waals surface area contributed by atoms with E-state index in [0.29, 0.717) is 12.5 Å². The third kappa shape index (κ3) is 1.57. The lowest BCUT2D eigenvalue weighted by Gasteiger charge is -2.38. The fraction of sp³-hybridized carbons (Fsp3) is 0.727. The number of carbonyl (C=O) groups excluding carboxylic acids is 1. The summed E-state index contributed by atoms with van der Waals surface area (Å²) in [5.74, 6) is -0.567. The Morgan fingerprint density at radius 1 is 1.50 bits per heavy atom. The van der Waals surface area contributed by atoms with E-state index in [1.54, 1.807) is 0 Å². The van der Waals surface area contributed by atoms with E-state index >= 15 is 0 Å². The van der Waals surface area contributed by atoms with Gasteiger partial charge in [0.15, 0.2) is 0 Å². The highest BCUT2D eigenvalue weighted by Gasteiger charge is 2.48. The Kier molecular flexibility index (Phi) is 2.59. The van der Waals surface area contributed by atoms with Crippen LogP contribution >= 0.6 is 0 Å². The first-order valence-corrected chi connectivity index (χ1v) is 5.26. The molecule has 0 aromatic rings. The van der Waals surface area contributed by atoms with Crippen LogP contribution < -0.4 is 0 Å². The standard InChI is InChI=1S/C11H16O3/c1-2-10(12)14-11-7-3-5-9(11)6-4-8-13-11/h2,9H,1,3-8H2. The third-order valence-electron chi connectivity index (χ3n) is 3.18. The van der Waals surface area contributed by atoms with Crippen molar-refractivity contribution in [3.63, 3.8) is 0 Å². The highest BCUT2D eigenvalue weighted by molar-refractivity contribution is 5.81. The second-order valence-corrected chi connectivity index (χ2v) is 4.02. The Morgan fingerprint density at radius 3 is 3.07 bits per heavy atom. The maximum atomic E-state index is 11.2. The van der Waals surface area contributed by atoms with Crippen LogP contribution in [0.4, 0.5) is 0 Å². The smallest absolute Gasteiger partial charge is 0.332 e. The Balaban J connectivity index is 2.09. The zero-order valence-electron chi connectivity index (χ0n) is 8.33. The van der Waals surface area contributed by atoms with Gasteiger partial charge in [-0.25, -0.2) is 4.79 Å². The van der Waals surface area contributed by atoms with Crippen molar-refractivity contribution in [1.82, 2.24) is 0 Å². The van der Waals surface area contributed by atoms with E-state index in [2.05, 4.69) is 6.58 Å². The maximum absolute atomic E-state index is 11.2. The molecule has 1 heterocycles. The first kappa shape index (κ1) is 9.71. The number of fused-ring (bicyclic) bond motifs is 1. The van der Waals surface area contributed by atoms with E-state index in [1.165, 1.54) is 6.08 Å². The molecule has 0 aromatic carbocycles. The van der Waals surface area contributed by atoms with Crippen LogP contribution in [0, 0.1) is 5.92 Å². The lowest BCUT2D eigenvalue weighted by Crippen LogP contribution is -2.44. The molecule has 2 unspecified atom stereocenters. The molecular formula is C11H16O3. The van der Waals surface area contributed by atoms with E-state index in [0.717, 1.165) is 32.1 Å². The average molecular weight is 196 g/mol. The second-order valence-electron chi connectivity index (χ2n) is 4.02. The normalized spacial score (nSPS) is 36.1. The van der Waals surface area contributed by atoms with Crippen molar-refractivity contribution >= 4 is 5.97 Å². The number of hydrogen-bond donors (Lipinski definition) is 0. The van der Waals surface area contributed by atoms with Crippen molar-refractivity contribution in [2.24, 2.45) is 5.92 Å². The third-order valence-corrected chi connectivity index (χ3v) is 3.18. The molecule has 3 nitrogen and oxygen atoms in total. The van der Waals surface area contributed by atoms with Gasteiger partial charge in [-0.1, -0.05) is 6.58 Å². The highest BCUT2D eigenvalue weighted by atomic mass is 16.7. The van der Waals surface area contributed by atoms with E-state index in [4.69, 9.17) is 9.47 Å². The van der Waals surface area contributed by atoms with Crippen molar-refractivity contribution < 1.29 is 14.3 Å². The van der Waals surface area contributed by atoms with Gasteiger partial charge in [0.05, 0.1) is 6.61 Å². The summed E-state index contributed by atoms with van der Waals surface area (Å²) in [4.78, 5) is 11.2. The summed E-state index contributed by atoms with van der Waals surface area (Å²) in [7, 11) is 0. The monoisotopic (exact) mass is 196 g/mol. The molecule has 0 aromatic heterocycles. The predicted molar refractivity (Wildman–Crippen MR) is 51.5 cm³/mol. The molecule has 2 rings (SSSR count). The minimum absolute atomic E-state index is 0.362. The molecule has 0 radical (unpaired) electrons. The predicted octanol–water partition coefficient (Wildman–Crippen LogP) is 2.02. The molecule has 2 atom stereocenters. The van der Waals surface area contributed by atoms with Crippen LogP contribution in [0.3, 0.4) is 0 Å². The van der Waals surface area contributed by atoms with Crippen molar-refractivity contribution in [3.05, 3.63) is 12.7 Å². The van der Waals surface area contributed by atoms with Crippen molar-refractivity contribution in [1.29, 1.82) is 0 Å². The summed E-state index contributed by atoms with van der Waals surface area (Å²) in [6, 6.07) is 0. The topological polar surface area (TPSA) is 35.5 Å². The molecule has 0 amide bonds. The van der Waals surface area contributed by atoms with E-state index < -0.39 is 5.79 Å². The van der Waals surface area contributed by atoms with E-state index in [-0.39, 0.29) is 5.97 Å². The summed E-state index contributed by atoms with van der Waals surface area (Å²) in [6.07, 6.45) is 6.46. The van der Waals surface area contributed by atoms with Crippen LogP contribution in [0.2, 0.25) is 0 Å². The molecular weight excluding hydrogens is 180 g/mol. The molecule has 1 aliphatic carbocycles. The number of rotatable bonds is 2. The van der Waals surface area contributed by atoms with Crippen LogP contribution in [0.5, 0.6) is 0 Å². The number of hydrogen-bond acceptors (Lipinski definition) is 3. The largest absolute Gasteiger partial charge is 0.430 e. The van der Waals surface area contributed by atoms with Crippen LogP contribution in [-0.2, 0) is 14.3 Å². The van der Waals surface area contributed by atoms with Crippen LogP contribution in [-0.4, -0.2) is 18.4 Å². The summed E-state index contributed by atoms with van der Waals surface area (Å²) < 4.78 is 11.0. The quantitative estimate of drug-likeness (QED) is 0.500. The van der Waals surface area contributed by atoms with Gasteiger partial charge in [-0.15, -0.1) is 0 Å². The molecule has 1 aliphatic heterocycles. The van der Waals surface area contributed by atoms with Gasteiger partial charge in [0, 0.05) is 18.4 Å². The molecule has 0 N–H and O–H groups in total. The van der Waals surface area contributed by atoms with Gasteiger partial charge in [0.1, 0.15) is 0 Å². The SMILES string of the molecule is C=CC(=O)OC12CCCC1CCCO2. The van der Waals surface area contributed by atoms with Crippen molar-refractivity contribution in [2.75, 3.05) is 6.61 Å². The number of carbonyl (C=O) groups is 1. The molecule has 1 saturated carbocycles. The van der Waals surface area contributed by atoms with Gasteiger partial charge < -0.3 is 9.47 Å². The summed E-state index contributed by atoms with van der Waals surface area (Å²) in [6.45, 7) is 4.12. The van der Waals surface area contributed by atoms with Gasteiger partial charge in [-0.05, 0) is 25.7 Å². The molecule has 78 valence electrons. The zero-order chi connectivity index (χ0) is 10.0. The van der Waals surface area contributed by atoms with Gasteiger partial charge in [0.2, 0.25) is 5.79 Å². The Morgan fingerprint density at radius 2 is 2.29 bits per heavy atom. The van der Waals surface area contributed by atoms with Crippen LogP contribution in [0.1, 0.15) is 32.1 Å².